The molecule has 0 aliphatic carbocycles. The summed E-state index contributed by atoms with van der Waals surface area (Å²) in [6.45, 7) is 5.63. The molecule has 1 heterocycles. The maximum atomic E-state index is 11.4. The lowest BCUT2D eigenvalue weighted by Crippen LogP contribution is -2.35. The van der Waals surface area contributed by atoms with E-state index in [9.17, 15) is 4.79 Å². The Morgan fingerprint density at radius 2 is 2.33 bits per heavy atom. The molecule has 0 saturated carbocycles. The van der Waals surface area contributed by atoms with Gasteiger partial charge in [-0.05, 0) is 25.5 Å². The molecule has 4 nitrogen and oxygen atoms in total. The van der Waals surface area contributed by atoms with E-state index in [1.165, 1.54) is 0 Å². The molecule has 0 spiro atoms. The molecular formula is C11H18N2O2. The summed E-state index contributed by atoms with van der Waals surface area (Å²) in [6, 6.07) is 1.91. The Labute approximate surface area is 90.3 Å². The third-order valence-electron chi connectivity index (χ3n) is 2.43. The molecule has 1 aromatic heterocycles. The Kier molecular flexibility index (Phi) is 4.37. The molecular weight excluding hydrogens is 192 g/mol. The van der Waals surface area contributed by atoms with Gasteiger partial charge >= 0.3 is 0 Å². The van der Waals surface area contributed by atoms with Crippen LogP contribution in [0.3, 0.4) is 0 Å². The van der Waals surface area contributed by atoms with Crippen LogP contribution in [0.5, 0.6) is 0 Å². The quantitative estimate of drug-likeness (QED) is 0.793. The Bertz CT molecular complexity index is 320. The summed E-state index contributed by atoms with van der Waals surface area (Å²) in [4.78, 5) is 13.1. The highest BCUT2D eigenvalue weighted by Gasteiger charge is 2.06. The van der Waals surface area contributed by atoms with Gasteiger partial charge in [0.05, 0.1) is 19.4 Å². The van der Waals surface area contributed by atoms with Crippen molar-refractivity contribution in [1.82, 2.24) is 10.2 Å². The number of hydrogen-bond acceptors (Lipinski definition) is 3. The zero-order valence-corrected chi connectivity index (χ0v) is 9.54. The summed E-state index contributed by atoms with van der Waals surface area (Å²) >= 11 is 0. The van der Waals surface area contributed by atoms with Gasteiger partial charge in [0.1, 0.15) is 5.76 Å². The van der Waals surface area contributed by atoms with Crippen LogP contribution in [0.15, 0.2) is 16.7 Å². The molecule has 1 rings (SSSR count). The molecule has 1 amide bonds. The number of nitrogens with one attached hydrogen (secondary N) is 1. The molecule has 0 aliphatic heterocycles. The molecule has 0 unspecified atom stereocenters. The topological polar surface area (TPSA) is 45.5 Å². The van der Waals surface area contributed by atoms with Gasteiger partial charge in [0.2, 0.25) is 5.91 Å². The van der Waals surface area contributed by atoms with E-state index in [1.807, 2.05) is 19.9 Å². The van der Waals surface area contributed by atoms with Gasteiger partial charge in [-0.15, -0.1) is 0 Å². The molecule has 4 heteroatoms. The fourth-order valence-corrected chi connectivity index (χ4v) is 1.18. The van der Waals surface area contributed by atoms with E-state index in [1.54, 1.807) is 18.2 Å². The summed E-state index contributed by atoms with van der Waals surface area (Å²) in [6.07, 6.45) is 1.66. The lowest BCUT2D eigenvalue weighted by atomic mass is 10.3. The summed E-state index contributed by atoms with van der Waals surface area (Å²) in [7, 11) is 1.79. The molecule has 0 atom stereocenters. The van der Waals surface area contributed by atoms with Gasteiger partial charge in [-0.3, -0.25) is 4.79 Å². The van der Waals surface area contributed by atoms with Gasteiger partial charge in [-0.2, -0.15) is 0 Å². The maximum Gasteiger partial charge on any atom is 0.236 e. The molecule has 0 aliphatic rings. The second-order valence-electron chi connectivity index (χ2n) is 3.54. The monoisotopic (exact) mass is 210 g/mol. The molecule has 0 saturated heterocycles. The highest BCUT2D eigenvalue weighted by molar-refractivity contribution is 5.77. The van der Waals surface area contributed by atoms with Crippen LogP contribution >= 0.6 is 0 Å². The molecule has 1 aromatic rings. The maximum absolute atomic E-state index is 11.4. The van der Waals surface area contributed by atoms with Crippen LogP contribution in [-0.4, -0.2) is 30.9 Å². The van der Waals surface area contributed by atoms with Gasteiger partial charge in [-0.25, -0.2) is 0 Å². The smallest absolute Gasteiger partial charge is 0.236 e. The highest BCUT2D eigenvalue weighted by Crippen LogP contribution is 2.07. The minimum atomic E-state index is 0.0988. The number of furan rings is 1. The van der Waals surface area contributed by atoms with Crippen molar-refractivity contribution in [2.24, 2.45) is 0 Å². The Balaban J connectivity index is 2.28. The fourth-order valence-electron chi connectivity index (χ4n) is 1.18. The van der Waals surface area contributed by atoms with E-state index in [0.29, 0.717) is 13.1 Å². The zero-order chi connectivity index (χ0) is 11.3. The minimum absolute atomic E-state index is 0.0988. The normalized spacial score (nSPS) is 10.3. The first-order valence-electron chi connectivity index (χ1n) is 5.12. The van der Waals surface area contributed by atoms with Gasteiger partial charge in [0.25, 0.3) is 0 Å². The third-order valence-corrected chi connectivity index (χ3v) is 2.43. The first-order chi connectivity index (χ1) is 7.15. The second kappa shape index (κ2) is 5.56. The van der Waals surface area contributed by atoms with Crippen molar-refractivity contribution in [3.8, 4) is 0 Å². The SMILES string of the molecule is CCN(C)C(=O)CNCc1occc1C. The van der Waals surface area contributed by atoms with Crippen molar-refractivity contribution < 1.29 is 9.21 Å². The number of hydrogen-bond donors (Lipinski definition) is 1. The van der Waals surface area contributed by atoms with Crippen LogP contribution in [0.4, 0.5) is 0 Å². The zero-order valence-electron chi connectivity index (χ0n) is 9.54. The lowest BCUT2D eigenvalue weighted by Gasteiger charge is -2.14. The number of aryl methyl sites for hydroxylation is 1. The summed E-state index contributed by atoms with van der Waals surface area (Å²) in [5, 5.41) is 3.06. The van der Waals surface area contributed by atoms with Crippen LogP contribution in [0.25, 0.3) is 0 Å². The summed E-state index contributed by atoms with van der Waals surface area (Å²) in [5.74, 6) is 0.990. The van der Waals surface area contributed by atoms with Crippen molar-refractivity contribution in [3.05, 3.63) is 23.7 Å². The summed E-state index contributed by atoms with van der Waals surface area (Å²) < 4.78 is 5.25. The number of likely N-dealkylation sites (N-methyl/N-ethyl adjacent to an activating group) is 1. The third kappa shape index (κ3) is 3.40. The van der Waals surface area contributed by atoms with E-state index in [-0.39, 0.29) is 5.91 Å². The van der Waals surface area contributed by atoms with E-state index < -0.39 is 0 Å². The van der Waals surface area contributed by atoms with Crippen molar-refractivity contribution in [2.45, 2.75) is 20.4 Å². The summed E-state index contributed by atoms with van der Waals surface area (Å²) in [5.41, 5.74) is 1.11. The minimum Gasteiger partial charge on any atom is -0.468 e. The highest BCUT2D eigenvalue weighted by atomic mass is 16.3. The van der Waals surface area contributed by atoms with Crippen molar-refractivity contribution in [3.63, 3.8) is 0 Å². The van der Waals surface area contributed by atoms with Crippen molar-refractivity contribution in [2.75, 3.05) is 20.1 Å². The van der Waals surface area contributed by atoms with Crippen LogP contribution in [0, 0.1) is 6.92 Å². The molecule has 0 bridgehead atoms. The number of carbonyl (C=O) groups is 1. The van der Waals surface area contributed by atoms with Crippen molar-refractivity contribution >= 4 is 5.91 Å². The Morgan fingerprint density at radius 3 is 2.87 bits per heavy atom. The Morgan fingerprint density at radius 1 is 1.60 bits per heavy atom. The van der Waals surface area contributed by atoms with Gasteiger partial charge in [-0.1, -0.05) is 0 Å². The fraction of sp³-hybridized carbons (Fsp3) is 0.545. The predicted molar refractivity (Wildman–Crippen MR) is 58.5 cm³/mol. The number of nitrogens with zero attached hydrogens (tertiary/aromatic N) is 1. The van der Waals surface area contributed by atoms with Crippen LogP contribution in [-0.2, 0) is 11.3 Å². The standard InChI is InChI=1S/C11H18N2O2/c1-4-13(3)11(14)8-12-7-10-9(2)5-6-15-10/h5-6,12H,4,7-8H2,1-3H3. The van der Waals surface area contributed by atoms with Gasteiger partial charge in [0, 0.05) is 13.6 Å². The van der Waals surface area contributed by atoms with Crippen molar-refractivity contribution in [1.29, 1.82) is 0 Å². The first-order valence-corrected chi connectivity index (χ1v) is 5.12. The average Bonchev–Trinajstić information content (AvgIpc) is 2.63. The molecule has 0 fully saturated rings. The molecule has 0 radical (unpaired) electrons. The number of rotatable bonds is 5. The lowest BCUT2D eigenvalue weighted by molar-refractivity contribution is -0.128. The van der Waals surface area contributed by atoms with Crippen LogP contribution in [0.2, 0.25) is 0 Å². The van der Waals surface area contributed by atoms with E-state index in [2.05, 4.69) is 5.32 Å². The van der Waals surface area contributed by atoms with E-state index >= 15 is 0 Å². The first kappa shape index (κ1) is 11.8. The largest absolute Gasteiger partial charge is 0.468 e. The molecule has 15 heavy (non-hydrogen) atoms. The molecule has 0 aromatic carbocycles. The van der Waals surface area contributed by atoms with Crippen LogP contribution < -0.4 is 5.32 Å². The average molecular weight is 210 g/mol. The van der Waals surface area contributed by atoms with E-state index in [0.717, 1.165) is 17.9 Å². The van der Waals surface area contributed by atoms with Crippen LogP contribution in [0.1, 0.15) is 18.2 Å². The predicted octanol–water partition coefficient (Wildman–Crippen LogP) is 1.16. The molecule has 1 N–H and O–H groups in total. The number of carbonyl (C=O) groups excluding carboxylic acids is 1. The van der Waals surface area contributed by atoms with Gasteiger partial charge < -0.3 is 14.6 Å². The number of amides is 1. The molecule has 84 valence electrons. The van der Waals surface area contributed by atoms with E-state index in [4.69, 9.17) is 4.42 Å². The second-order valence-corrected chi connectivity index (χ2v) is 3.54. The van der Waals surface area contributed by atoms with Gasteiger partial charge in [0.15, 0.2) is 0 Å². The Hall–Kier alpha value is -1.29.